The molecule has 4 atom stereocenters. The number of amides is 2. The van der Waals surface area contributed by atoms with Crippen LogP contribution in [0.3, 0.4) is 0 Å². The molecule has 3 N–H and O–H groups in total. The zero-order valence-corrected chi connectivity index (χ0v) is 20.3. The second kappa shape index (κ2) is 10.9. The molecule has 7 nitrogen and oxygen atoms in total. The average molecular weight is 479 g/mol. The summed E-state index contributed by atoms with van der Waals surface area (Å²) in [6, 6.07) is 15.9. The highest BCUT2D eigenvalue weighted by atomic mass is 16.5. The Morgan fingerprint density at radius 1 is 0.971 bits per heavy atom. The minimum atomic E-state index is -0.790. The molecular formula is C28H34N2O5. The van der Waals surface area contributed by atoms with Gasteiger partial charge in [0.1, 0.15) is 6.61 Å². The summed E-state index contributed by atoms with van der Waals surface area (Å²) in [4.78, 5) is 36.7. The van der Waals surface area contributed by atoms with Gasteiger partial charge in [-0.3, -0.25) is 9.59 Å². The molecule has 0 saturated heterocycles. The summed E-state index contributed by atoms with van der Waals surface area (Å²) in [5.41, 5.74) is 4.62. The van der Waals surface area contributed by atoms with Crippen LogP contribution in [0, 0.1) is 17.8 Å². The van der Waals surface area contributed by atoms with E-state index in [4.69, 9.17) is 4.74 Å². The lowest BCUT2D eigenvalue weighted by Gasteiger charge is -2.29. The molecule has 2 amide bonds. The van der Waals surface area contributed by atoms with Crippen LogP contribution < -0.4 is 10.6 Å². The van der Waals surface area contributed by atoms with Crippen molar-refractivity contribution in [2.75, 3.05) is 13.2 Å². The molecule has 0 spiro atoms. The summed E-state index contributed by atoms with van der Waals surface area (Å²) in [5, 5.41) is 15.1. The van der Waals surface area contributed by atoms with Gasteiger partial charge in [0.15, 0.2) is 0 Å². The van der Waals surface area contributed by atoms with Gasteiger partial charge in [-0.2, -0.15) is 0 Å². The molecule has 2 aliphatic carbocycles. The molecule has 1 saturated carbocycles. The summed E-state index contributed by atoms with van der Waals surface area (Å²) in [6.07, 6.45) is 2.81. The second-order valence-electron chi connectivity index (χ2n) is 9.78. The van der Waals surface area contributed by atoms with Gasteiger partial charge in [-0.25, -0.2) is 4.79 Å². The number of fused-ring (bicyclic) bond motifs is 3. The molecule has 2 unspecified atom stereocenters. The fraction of sp³-hybridized carbons (Fsp3) is 0.464. The lowest BCUT2D eigenvalue weighted by Crippen LogP contribution is -2.46. The van der Waals surface area contributed by atoms with Crippen LogP contribution in [0.1, 0.15) is 56.6 Å². The van der Waals surface area contributed by atoms with Crippen molar-refractivity contribution in [2.24, 2.45) is 17.8 Å². The van der Waals surface area contributed by atoms with Crippen molar-refractivity contribution >= 4 is 18.0 Å². The number of rotatable bonds is 8. The maximum Gasteiger partial charge on any atom is 0.407 e. The number of benzene rings is 2. The number of carbonyl (C=O) groups excluding carboxylic acids is 2. The third-order valence-electron chi connectivity index (χ3n) is 7.62. The van der Waals surface area contributed by atoms with Crippen LogP contribution in [0.4, 0.5) is 4.79 Å². The fourth-order valence-electron chi connectivity index (χ4n) is 5.35. The summed E-state index contributed by atoms with van der Waals surface area (Å²) in [6.45, 7) is 4.08. The summed E-state index contributed by atoms with van der Waals surface area (Å²) >= 11 is 0. The molecule has 0 heterocycles. The molecule has 2 aliphatic rings. The van der Waals surface area contributed by atoms with Gasteiger partial charge in [0, 0.05) is 18.5 Å². The maximum absolute atomic E-state index is 12.7. The van der Waals surface area contributed by atoms with Crippen molar-refractivity contribution in [1.82, 2.24) is 10.6 Å². The average Bonchev–Trinajstić information content (AvgIpc) is 3.19. The molecule has 0 radical (unpaired) electrons. The van der Waals surface area contributed by atoms with E-state index in [1.807, 2.05) is 24.3 Å². The van der Waals surface area contributed by atoms with Gasteiger partial charge in [-0.15, -0.1) is 0 Å². The van der Waals surface area contributed by atoms with Crippen LogP contribution in [0.25, 0.3) is 11.1 Å². The summed E-state index contributed by atoms with van der Waals surface area (Å²) < 4.78 is 5.59. The van der Waals surface area contributed by atoms with Crippen LogP contribution >= 0.6 is 0 Å². The molecule has 0 aliphatic heterocycles. The highest BCUT2D eigenvalue weighted by Crippen LogP contribution is 2.44. The number of nitrogens with one attached hydrogen (secondary N) is 2. The highest BCUT2D eigenvalue weighted by Gasteiger charge is 2.32. The normalized spacial score (nSPS) is 20.7. The summed E-state index contributed by atoms with van der Waals surface area (Å²) in [7, 11) is 0. The first-order valence-electron chi connectivity index (χ1n) is 12.5. The number of carboxylic acids is 1. The van der Waals surface area contributed by atoms with Crippen LogP contribution in [0.15, 0.2) is 48.5 Å². The first-order valence-corrected chi connectivity index (χ1v) is 12.5. The van der Waals surface area contributed by atoms with Gasteiger partial charge in [0.25, 0.3) is 0 Å². The van der Waals surface area contributed by atoms with Gasteiger partial charge in [-0.1, -0.05) is 68.3 Å². The van der Waals surface area contributed by atoms with E-state index in [1.54, 1.807) is 13.8 Å². The molecule has 186 valence electrons. The Bertz CT molecular complexity index is 1040. The smallest absolute Gasteiger partial charge is 0.407 e. The van der Waals surface area contributed by atoms with Crippen LogP contribution in [-0.2, 0) is 14.3 Å². The minimum absolute atomic E-state index is 0.0261. The first kappa shape index (κ1) is 24.8. The highest BCUT2D eigenvalue weighted by molar-refractivity contribution is 5.81. The number of alkyl carbamates (subject to hydrolysis) is 1. The molecule has 4 rings (SSSR count). The number of hydrogen-bond donors (Lipinski definition) is 3. The molecule has 35 heavy (non-hydrogen) atoms. The van der Waals surface area contributed by atoms with E-state index in [-0.39, 0.29) is 24.3 Å². The second-order valence-corrected chi connectivity index (χ2v) is 9.78. The monoisotopic (exact) mass is 478 g/mol. The third-order valence-corrected chi connectivity index (χ3v) is 7.62. The van der Waals surface area contributed by atoms with Crippen LogP contribution in [0.2, 0.25) is 0 Å². The van der Waals surface area contributed by atoms with E-state index >= 15 is 0 Å². The number of carbonyl (C=O) groups is 3. The number of hydrogen-bond acceptors (Lipinski definition) is 4. The molecule has 0 bridgehead atoms. The van der Waals surface area contributed by atoms with E-state index in [2.05, 4.69) is 34.9 Å². The molecule has 1 fully saturated rings. The van der Waals surface area contributed by atoms with E-state index in [0.29, 0.717) is 13.0 Å². The molecule has 2 aromatic carbocycles. The standard InChI is InChI=1S/C28H34N2O5/c1-17(26(31)29-15-19-9-3-4-10-20(19)27(32)33)18(2)30-28(34)35-16-25-23-13-7-5-11-21(23)22-12-6-8-14-24(22)25/h5-8,11-14,17-20,25H,3-4,9-10,15-16H2,1-2H3,(H,29,31)(H,30,34)(H,32,33)/t17?,18?,19-,20-/m1/s1. The fourth-order valence-corrected chi connectivity index (χ4v) is 5.35. The Morgan fingerprint density at radius 3 is 2.20 bits per heavy atom. The van der Waals surface area contributed by atoms with Crippen molar-refractivity contribution < 1.29 is 24.2 Å². The van der Waals surface area contributed by atoms with Gasteiger partial charge < -0.3 is 20.5 Å². The predicted octanol–water partition coefficient (Wildman–Crippen LogP) is 4.56. The Kier molecular flexibility index (Phi) is 7.73. The van der Waals surface area contributed by atoms with E-state index in [0.717, 1.165) is 30.4 Å². The van der Waals surface area contributed by atoms with Crippen molar-refractivity contribution in [2.45, 2.75) is 51.5 Å². The topological polar surface area (TPSA) is 105 Å². The maximum atomic E-state index is 12.7. The van der Waals surface area contributed by atoms with Crippen molar-refractivity contribution in [3.8, 4) is 11.1 Å². The SMILES string of the molecule is CC(NC(=O)OCC1c2ccccc2-c2ccccc21)C(C)C(=O)NC[C@H]1CCCC[C@H]1C(=O)O. The lowest BCUT2D eigenvalue weighted by molar-refractivity contribution is -0.145. The molecule has 0 aromatic heterocycles. The lowest BCUT2D eigenvalue weighted by atomic mass is 9.79. The van der Waals surface area contributed by atoms with Gasteiger partial charge in [0.05, 0.1) is 11.8 Å². The molecular weight excluding hydrogens is 444 g/mol. The number of carboxylic acid groups (broad SMARTS) is 1. The quantitative estimate of drug-likeness (QED) is 0.516. The molecule has 2 aromatic rings. The van der Waals surface area contributed by atoms with E-state index in [9.17, 15) is 19.5 Å². The van der Waals surface area contributed by atoms with E-state index < -0.39 is 29.9 Å². The number of ether oxygens (including phenoxy) is 1. The van der Waals surface area contributed by atoms with E-state index in [1.165, 1.54) is 11.1 Å². The van der Waals surface area contributed by atoms with Crippen molar-refractivity contribution in [3.05, 3.63) is 59.7 Å². The number of aliphatic carboxylic acids is 1. The Morgan fingerprint density at radius 2 is 1.57 bits per heavy atom. The Balaban J connectivity index is 1.28. The Labute approximate surface area is 206 Å². The predicted molar refractivity (Wildman–Crippen MR) is 133 cm³/mol. The zero-order chi connectivity index (χ0) is 24.9. The van der Waals surface area contributed by atoms with Gasteiger partial charge in [0.2, 0.25) is 5.91 Å². The molecule has 7 heteroatoms. The first-order chi connectivity index (χ1) is 16.9. The Hall–Kier alpha value is -3.35. The zero-order valence-electron chi connectivity index (χ0n) is 20.3. The largest absolute Gasteiger partial charge is 0.481 e. The van der Waals surface area contributed by atoms with Crippen LogP contribution in [-0.4, -0.2) is 42.3 Å². The summed E-state index contributed by atoms with van der Waals surface area (Å²) in [5.74, 6) is -1.96. The third kappa shape index (κ3) is 5.50. The van der Waals surface area contributed by atoms with Gasteiger partial charge in [-0.05, 0) is 47.9 Å². The van der Waals surface area contributed by atoms with Crippen molar-refractivity contribution in [3.63, 3.8) is 0 Å². The van der Waals surface area contributed by atoms with Gasteiger partial charge >= 0.3 is 12.1 Å². The van der Waals surface area contributed by atoms with Crippen LogP contribution in [0.5, 0.6) is 0 Å². The van der Waals surface area contributed by atoms with Crippen molar-refractivity contribution in [1.29, 1.82) is 0 Å². The minimum Gasteiger partial charge on any atom is -0.481 e.